The van der Waals surface area contributed by atoms with Crippen LogP contribution in [-0.4, -0.2) is 48.3 Å². The van der Waals surface area contributed by atoms with Crippen LogP contribution in [0, 0.1) is 6.92 Å². The highest BCUT2D eigenvalue weighted by Crippen LogP contribution is 2.33. The van der Waals surface area contributed by atoms with Crippen LogP contribution in [0.4, 0.5) is 5.82 Å². The molecule has 0 amide bonds. The van der Waals surface area contributed by atoms with Gasteiger partial charge in [0.25, 0.3) is 5.56 Å². The molecule has 1 unspecified atom stereocenters. The van der Waals surface area contributed by atoms with Gasteiger partial charge in [-0.25, -0.2) is 14.5 Å². The number of esters is 1. The Labute approximate surface area is 223 Å². The number of pyridine rings is 2. The van der Waals surface area contributed by atoms with Crippen molar-refractivity contribution >= 4 is 33.6 Å². The lowest BCUT2D eigenvalue weighted by atomic mass is 10.1. The number of carbonyl (C=O) groups excluding carboxylic acids is 1. The second kappa shape index (κ2) is 9.66. The van der Waals surface area contributed by atoms with Crippen LogP contribution in [0.15, 0.2) is 47.7 Å². The normalized spacial score (nSPS) is 15.7. The van der Waals surface area contributed by atoms with Gasteiger partial charge in [-0.05, 0) is 56.9 Å². The summed E-state index contributed by atoms with van der Waals surface area (Å²) in [5.74, 6) is -0.695. The summed E-state index contributed by atoms with van der Waals surface area (Å²) in [6, 6.07) is 7.29. The number of nitrogens with two attached hydrogens (primary N) is 1. The third kappa shape index (κ3) is 4.06. The van der Waals surface area contributed by atoms with Crippen molar-refractivity contribution in [3.05, 3.63) is 64.3 Å². The van der Waals surface area contributed by atoms with Crippen molar-refractivity contribution in [2.75, 3.05) is 18.9 Å². The molecule has 11 nitrogen and oxygen atoms in total. The first-order valence-corrected chi connectivity index (χ1v) is 13.0. The van der Waals surface area contributed by atoms with Crippen molar-refractivity contribution in [3.8, 4) is 16.9 Å². The number of nitrogen functional groups attached to an aromatic ring is 1. The molecule has 11 heteroatoms. The zero-order chi connectivity index (χ0) is 27.3. The fourth-order valence-corrected chi connectivity index (χ4v) is 5.28. The van der Waals surface area contributed by atoms with Crippen LogP contribution in [0.3, 0.4) is 0 Å². The van der Waals surface area contributed by atoms with Crippen molar-refractivity contribution < 1.29 is 14.3 Å². The smallest absolute Gasteiger partial charge is 0.344 e. The molecule has 1 aliphatic heterocycles. The number of hydrogen-bond acceptors (Lipinski definition) is 8. The molecule has 200 valence electrons. The Hall–Kier alpha value is -4.51. The lowest BCUT2D eigenvalue weighted by Crippen LogP contribution is -2.27. The number of ether oxygens (including phenoxy) is 2. The van der Waals surface area contributed by atoms with E-state index < -0.39 is 11.5 Å². The second-order valence-corrected chi connectivity index (χ2v) is 9.69. The quantitative estimate of drug-likeness (QED) is 0.340. The monoisotopic (exact) mass is 527 g/mol. The van der Waals surface area contributed by atoms with Crippen LogP contribution < -0.4 is 11.3 Å². The number of carbonyl (C=O) groups is 1. The minimum Gasteiger partial charge on any atom is -0.462 e. The van der Waals surface area contributed by atoms with E-state index in [1.807, 2.05) is 23.7 Å². The van der Waals surface area contributed by atoms with Crippen LogP contribution in [0.25, 0.3) is 38.8 Å². The molecule has 1 atom stereocenters. The predicted octanol–water partition coefficient (Wildman–Crippen LogP) is 3.90. The van der Waals surface area contributed by atoms with E-state index in [4.69, 9.17) is 15.2 Å². The zero-order valence-corrected chi connectivity index (χ0v) is 22.0. The van der Waals surface area contributed by atoms with Crippen molar-refractivity contribution in [1.82, 2.24) is 29.1 Å². The van der Waals surface area contributed by atoms with Gasteiger partial charge in [-0.15, -0.1) is 0 Å². The number of aryl methyl sites for hydroxylation is 2. The Morgan fingerprint density at radius 1 is 1.15 bits per heavy atom. The topological polar surface area (TPSA) is 132 Å². The van der Waals surface area contributed by atoms with Crippen LogP contribution in [0.1, 0.15) is 48.3 Å². The molecule has 6 rings (SSSR count). The van der Waals surface area contributed by atoms with Crippen molar-refractivity contribution in [3.63, 3.8) is 0 Å². The highest BCUT2D eigenvalue weighted by Gasteiger charge is 2.27. The van der Waals surface area contributed by atoms with Crippen LogP contribution in [-0.2, 0) is 16.5 Å². The zero-order valence-electron chi connectivity index (χ0n) is 22.0. The SMILES string of the molecule is CCOC(=O)c1c(N)n(-c2c(C)ccc3c2cnn3C2CCCCO2)c(=O)c2ccc(-c3cnn(C)c3)nc12. The third-order valence-corrected chi connectivity index (χ3v) is 7.15. The molecule has 2 N–H and O–H groups in total. The predicted molar refractivity (Wildman–Crippen MR) is 147 cm³/mol. The number of aromatic nitrogens is 6. The molecule has 0 aliphatic carbocycles. The summed E-state index contributed by atoms with van der Waals surface area (Å²) in [5, 5.41) is 9.80. The summed E-state index contributed by atoms with van der Waals surface area (Å²) in [6.07, 6.45) is 7.95. The fraction of sp³-hybridized carbons (Fsp3) is 0.321. The summed E-state index contributed by atoms with van der Waals surface area (Å²) >= 11 is 0. The fourth-order valence-electron chi connectivity index (χ4n) is 5.28. The molecule has 0 radical (unpaired) electrons. The maximum absolute atomic E-state index is 14.1. The van der Waals surface area contributed by atoms with E-state index in [-0.39, 0.29) is 35.1 Å². The van der Waals surface area contributed by atoms with Crippen molar-refractivity contribution in [2.45, 2.75) is 39.3 Å². The van der Waals surface area contributed by atoms with E-state index in [9.17, 15) is 9.59 Å². The second-order valence-electron chi connectivity index (χ2n) is 9.69. The summed E-state index contributed by atoms with van der Waals surface area (Å²) in [6.45, 7) is 4.43. The first-order valence-electron chi connectivity index (χ1n) is 13.0. The van der Waals surface area contributed by atoms with Crippen molar-refractivity contribution in [1.29, 1.82) is 0 Å². The highest BCUT2D eigenvalue weighted by molar-refractivity contribution is 6.07. The molecule has 1 fully saturated rings. The Morgan fingerprint density at radius 2 is 2.00 bits per heavy atom. The minimum atomic E-state index is -0.652. The van der Waals surface area contributed by atoms with Gasteiger partial charge < -0.3 is 15.2 Å². The molecular formula is C28H29N7O4. The maximum Gasteiger partial charge on any atom is 0.344 e. The van der Waals surface area contributed by atoms with E-state index in [1.165, 1.54) is 4.57 Å². The number of hydrogen-bond donors (Lipinski definition) is 1. The Balaban J connectivity index is 1.63. The molecule has 0 saturated carbocycles. The van der Waals surface area contributed by atoms with Gasteiger partial charge in [-0.2, -0.15) is 10.2 Å². The Kier molecular flexibility index (Phi) is 6.15. The first kappa shape index (κ1) is 24.8. The summed E-state index contributed by atoms with van der Waals surface area (Å²) < 4.78 is 16.2. The lowest BCUT2D eigenvalue weighted by molar-refractivity contribution is -0.0366. The highest BCUT2D eigenvalue weighted by atomic mass is 16.5. The van der Waals surface area contributed by atoms with E-state index in [1.54, 1.807) is 49.4 Å². The van der Waals surface area contributed by atoms with Gasteiger partial charge in [-0.1, -0.05) is 6.07 Å². The molecule has 1 aliphatic rings. The Morgan fingerprint density at radius 3 is 2.72 bits per heavy atom. The number of rotatable bonds is 5. The average molecular weight is 528 g/mol. The first-order chi connectivity index (χ1) is 18.9. The van der Waals surface area contributed by atoms with Crippen molar-refractivity contribution in [2.24, 2.45) is 7.05 Å². The lowest BCUT2D eigenvalue weighted by Gasteiger charge is -2.24. The minimum absolute atomic E-state index is 0.0385. The van der Waals surface area contributed by atoms with Gasteiger partial charge in [0.05, 0.1) is 46.8 Å². The summed E-state index contributed by atoms with van der Waals surface area (Å²) in [5.41, 5.74) is 9.98. The molecule has 0 spiro atoms. The molecule has 39 heavy (non-hydrogen) atoms. The number of fused-ring (bicyclic) bond motifs is 2. The Bertz CT molecular complexity index is 1790. The molecule has 0 bridgehead atoms. The van der Waals surface area contributed by atoms with E-state index in [0.717, 1.165) is 41.3 Å². The molecule has 4 aromatic heterocycles. The van der Waals surface area contributed by atoms with Gasteiger partial charge in [-0.3, -0.25) is 14.0 Å². The van der Waals surface area contributed by atoms with Gasteiger partial charge in [0.15, 0.2) is 6.23 Å². The maximum atomic E-state index is 14.1. The molecule has 5 aromatic rings. The summed E-state index contributed by atoms with van der Waals surface area (Å²) in [4.78, 5) is 32.0. The standard InChI is InChI=1S/C28H29N7O4/c1-4-38-28(37)23-24-18(9-10-20(32-24)17-13-30-33(3)15-17)27(36)34(26(23)29)25-16(2)8-11-21-19(25)14-31-35(21)22-7-5-6-12-39-22/h8-11,13-15,22H,4-7,12,29H2,1-3H3. The van der Waals surface area contributed by atoms with Gasteiger partial charge in [0.2, 0.25) is 0 Å². The largest absolute Gasteiger partial charge is 0.462 e. The van der Waals surface area contributed by atoms with Crippen LogP contribution in [0.5, 0.6) is 0 Å². The van der Waals surface area contributed by atoms with Crippen LogP contribution >= 0.6 is 0 Å². The number of nitrogens with zero attached hydrogens (tertiary/aromatic N) is 6. The van der Waals surface area contributed by atoms with Gasteiger partial charge in [0, 0.05) is 30.8 Å². The third-order valence-electron chi connectivity index (χ3n) is 7.15. The van der Waals surface area contributed by atoms with Crippen LogP contribution in [0.2, 0.25) is 0 Å². The van der Waals surface area contributed by atoms with Gasteiger partial charge in [0.1, 0.15) is 11.4 Å². The van der Waals surface area contributed by atoms with Gasteiger partial charge >= 0.3 is 5.97 Å². The van der Waals surface area contributed by atoms with E-state index in [2.05, 4.69) is 15.2 Å². The summed E-state index contributed by atoms with van der Waals surface area (Å²) in [7, 11) is 1.80. The van der Waals surface area contributed by atoms with E-state index >= 15 is 0 Å². The number of benzene rings is 1. The molecule has 5 heterocycles. The molecule has 1 saturated heterocycles. The number of anilines is 1. The molecular weight excluding hydrogens is 498 g/mol. The van der Waals surface area contributed by atoms with E-state index in [0.29, 0.717) is 18.0 Å². The average Bonchev–Trinajstić information content (AvgIpc) is 3.57. The molecule has 1 aromatic carbocycles.